The monoisotopic (exact) mass is 968 g/mol. The molecule has 14 rings (SSSR count). The zero-order valence-corrected chi connectivity index (χ0v) is 41.1. The van der Waals surface area contributed by atoms with Crippen molar-refractivity contribution in [3.63, 3.8) is 0 Å². The summed E-state index contributed by atoms with van der Waals surface area (Å²) in [7, 11) is 0. The molecule has 0 saturated carbocycles. The number of fused-ring (bicyclic) bond motifs is 6. The van der Waals surface area contributed by atoms with Gasteiger partial charge in [0.1, 0.15) is 0 Å². The minimum atomic E-state index is 0.530. The first-order valence-electron chi connectivity index (χ1n) is 25.5. The number of para-hydroxylation sites is 2. The largest absolute Gasteiger partial charge is 0.309 e. The molecule has 14 aromatic rings. The molecule has 0 saturated heterocycles. The minimum absolute atomic E-state index is 0.530. The van der Waals surface area contributed by atoms with Crippen LogP contribution < -0.4 is 0 Å². The van der Waals surface area contributed by atoms with Gasteiger partial charge in [-0.2, -0.15) is 5.26 Å². The van der Waals surface area contributed by atoms with Crippen LogP contribution in [0.4, 0.5) is 0 Å². The van der Waals surface area contributed by atoms with Gasteiger partial charge in [0.05, 0.1) is 50.6 Å². The Labute approximate surface area is 439 Å². The molecule has 11 aromatic carbocycles. The van der Waals surface area contributed by atoms with Gasteiger partial charge in [-0.1, -0.05) is 200 Å². The van der Waals surface area contributed by atoms with Crippen molar-refractivity contribution in [3.8, 4) is 96.1 Å². The van der Waals surface area contributed by atoms with Crippen LogP contribution in [0.3, 0.4) is 0 Å². The topological polar surface area (TPSA) is 72.3 Å². The highest BCUT2D eigenvalue weighted by molar-refractivity contribution is 6.13. The van der Waals surface area contributed by atoms with Crippen LogP contribution in [0.1, 0.15) is 5.56 Å². The maximum atomic E-state index is 10.1. The number of rotatable bonds is 9. The maximum Gasteiger partial charge on any atom is 0.166 e. The third-order valence-electron chi connectivity index (χ3n) is 14.6. The fourth-order valence-electron chi connectivity index (χ4n) is 11.1. The lowest BCUT2D eigenvalue weighted by Gasteiger charge is -2.21. The van der Waals surface area contributed by atoms with Crippen molar-refractivity contribution < 1.29 is 0 Å². The van der Waals surface area contributed by atoms with Crippen LogP contribution in [0.25, 0.3) is 134 Å². The fraction of sp³-hybridized carbons (Fsp3) is 0. The van der Waals surface area contributed by atoms with Crippen LogP contribution in [0.15, 0.2) is 267 Å². The van der Waals surface area contributed by atoms with Crippen LogP contribution in [0.2, 0.25) is 0 Å². The fourth-order valence-corrected chi connectivity index (χ4v) is 11.1. The van der Waals surface area contributed by atoms with Crippen molar-refractivity contribution in [1.29, 1.82) is 5.26 Å². The first kappa shape index (κ1) is 44.2. The molecule has 0 unspecified atom stereocenters. The molecule has 0 bridgehead atoms. The molecule has 354 valence electrons. The van der Waals surface area contributed by atoms with Gasteiger partial charge in [-0.05, 0) is 106 Å². The van der Waals surface area contributed by atoms with Crippen molar-refractivity contribution in [1.82, 2.24) is 24.1 Å². The third-order valence-corrected chi connectivity index (χ3v) is 14.6. The molecular weight excluding hydrogens is 925 g/mol. The van der Waals surface area contributed by atoms with E-state index < -0.39 is 0 Å². The molecule has 0 radical (unpaired) electrons. The summed E-state index contributed by atoms with van der Waals surface area (Å²) >= 11 is 0. The average Bonchev–Trinajstić information content (AvgIpc) is 4.14. The summed E-state index contributed by atoms with van der Waals surface area (Å²) in [6.45, 7) is 0. The number of hydrogen-bond donors (Lipinski definition) is 0. The molecule has 0 aliphatic heterocycles. The quantitative estimate of drug-likeness (QED) is 0.144. The molecule has 3 heterocycles. The highest BCUT2D eigenvalue weighted by Crippen LogP contribution is 2.46. The van der Waals surface area contributed by atoms with Crippen molar-refractivity contribution in [2.24, 2.45) is 0 Å². The summed E-state index contributed by atoms with van der Waals surface area (Å²) in [5, 5.41) is 14.7. The Balaban J connectivity index is 1.12. The average molecular weight is 969 g/mol. The lowest BCUT2D eigenvalue weighted by Crippen LogP contribution is -2.06. The van der Waals surface area contributed by atoms with E-state index in [0.29, 0.717) is 23.0 Å². The number of aromatic nitrogens is 5. The molecule has 0 spiro atoms. The molecule has 3 aromatic heterocycles. The molecule has 0 aliphatic rings. The third kappa shape index (κ3) is 7.62. The van der Waals surface area contributed by atoms with Gasteiger partial charge in [0.2, 0.25) is 0 Å². The van der Waals surface area contributed by atoms with Crippen LogP contribution >= 0.6 is 0 Å². The molecular formula is C70H44N6. The van der Waals surface area contributed by atoms with Gasteiger partial charge < -0.3 is 9.13 Å². The van der Waals surface area contributed by atoms with Gasteiger partial charge in [0.15, 0.2) is 17.5 Å². The standard InChI is InChI=1S/C70H44N6/c71-45-46-19-17-28-51(41-46)54-37-40-65(75-61-32-15-13-29-55(61)58-42-52(35-38-63(58)75)47-20-5-1-6-21-47)60(44-54)57-31-18-34-66(67(57)70-73-68(49-24-9-3-10-25-49)72-69(74-70)50-26-11-4-12-27-50)76-62-33-16-14-30-56(62)59-43-53(36-39-64(59)76)48-22-7-2-8-23-48/h1-44H. The van der Waals surface area contributed by atoms with Crippen molar-refractivity contribution in [2.75, 3.05) is 0 Å². The Bertz CT molecular complexity index is 4510. The van der Waals surface area contributed by atoms with Gasteiger partial charge in [-0.3, -0.25) is 0 Å². The lowest BCUT2D eigenvalue weighted by molar-refractivity contribution is 1.06. The summed E-state index contributed by atoms with van der Waals surface area (Å²) in [5.74, 6) is 1.67. The van der Waals surface area contributed by atoms with E-state index in [9.17, 15) is 5.26 Å². The zero-order chi connectivity index (χ0) is 50.5. The van der Waals surface area contributed by atoms with Crippen LogP contribution in [-0.4, -0.2) is 24.1 Å². The second-order valence-corrected chi connectivity index (χ2v) is 19.1. The molecule has 6 nitrogen and oxygen atoms in total. The molecule has 0 N–H and O–H groups in total. The van der Waals surface area contributed by atoms with E-state index in [1.54, 1.807) is 0 Å². The van der Waals surface area contributed by atoms with E-state index in [2.05, 4.69) is 228 Å². The Hall–Kier alpha value is -10.5. The number of nitrogens with zero attached hydrogens (tertiary/aromatic N) is 6. The smallest absolute Gasteiger partial charge is 0.166 e. The molecule has 76 heavy (non-hydrogen) atoms. The van der Waals surface area contributed by atoms with E-state index in [0.717, 1.165) is 116 Å². The summed E-state index contributed by atoms with van der Waals surface area (Å²) in [6.07, 6.45) is 0. The van der Waals surface area contributed by atoms with Crippen LogP contribution in [0.5, 0.6) is 0 Å². The van der Waals surface area contributed by atoms with Gasteiger partial charge in [0.25, 0.3) is 0 Å². The number of nitriles is 1. The van der Waals surface area contributed by atoms with E-state index in [1.807, 2.05) is 54.6 Å². The van der Waals surface area contributed by atoms with E-state index in [1.165, 1.54) is 0 Å². The van der Waals surface area contributed by atoms with Gasteiger partial charge in [-0.25, -0.2) is 15.0 Å². The number of benzene rings is 11. The van der Waals surface area contributed by atoms with Gasteiger partial charge in [-0.15, -0.1) is 0 Å². The predicted molar refractivity (Wildman–Crippen MR) is 311 cm³/mol. The molecule has 0 amide bonds. The van der Waals surface area contributed by atoms with E-state index in [4.69, 9.17) is 15.0 Å². The molecule has 0 atom stereocenters. The van der Waals surface area contributed by atoms with Crippen molar-refractivity contribution in [3.05, 3.63) is 272 Å². The van der Waals surface area contributed by atoms with Gasteiger partial charge >= 0.3 is 0 Å². The normalized spacial score (nSPS) is 11.4. The summed E-state index contributed by atoms with van der Waals surface area (Å²) in [6, 6.07) is 96.0. The van der Waals surface area contributed by atoms with Crippen LogP contribution in [0, 0.1) is 11.3 Å². The molecule has 0 aliphatic carbocycles. The number of hydrogen-bond acceptors (Lipinski definition) is 4. The molecule has 6 heteroatoms. The lowest BCUT2D eigenvalue weighted by atomic mass is 9.92. The maximum absolute atomic E-state index is 10.1. The Kier molecular flexibility index (Phi) is 10.8. The Morgan fingerprint density at radius 1 is 0.276 bits per heavy atom. The van der Waals surface area contributed by atoms with Crippen molar-refractivity contribution >= 4 is 43.6 Å². The Morgan fingerprint density at radius 3 is 1.25 bits per heavy atom. The highest BCUT2D eigenvalue weighted by atomic mass is 15.1. The van der Waals surface area contributed by atoms with Crippen molar-refractivity contribution in [2.45, 2.75) is 0 Å². The summed E-state index contributed by atoms with van der Waals surface area (Å²) in [4.78, 5) is 16.2. The second kappa shape index (κ2) is 18.5. The predicted octanol–water partition coefficient (Wildman–Crippen LogP) is 17.6. The zero-order valence-electron chi connectivity index (χ0n) is 41.1. The summed E-state index contributed by atoms with van der Waals surface area (Å²) < 4.78 is 4.79. The molecule has 0 fully saturated rings. The first-order valence-corrected chi connectivity index (χ1v) is 25.5. The van der Waals surface area contributed by atoms with Crippen LogP contribution in [-0.2, 0) is 0 Å². The van der Waals surface area contributed by atoms with E-state index in [-0.39, 0.29) is 0 Å². The minimum Gasteiger partial charge on any atom is -0.309 e. The highest BCUT2D eigenvalue weighted by Gasteiger charge is 2.26. The Morgan fingerprint density at radius 2 is 0.697 bits per heavy atom. The summed E-state index contributed by atoms with van der Waals surface area (Å²) in [5.41, 5.74) is 17.8. The van der Waals surface area contributed by atoms with E-state index >= 15 is 0 Å². The second-order valence-electron chi connectivity index (χ2n) is 19.1. The van der Waals surface area contributed by atoms with Gasteiger partial charge in [0, 0.05) is 38.2 Å². The first-order chi connectivity index (χ1) is 37.6. The SMILES string of the molecule is N#Cc1cccc(-c2ccc(-n3c4ccccc4c4cc(-c5ccccc5)ccc43)c(-c3cccc(-n4c5ccccc5c5cc(-c6ccccc6)ccc54)c3-c3nc(-c4ccccc4)nc(-c4ccccc4)n3)c2)c1.